The van der Waals surface area contributed by atoms with E-state index in [9.17, 15) is 0 Å². The minimum Gasteiger partial charge on any atom is -0.440 e. The fourth-order valence-electron chi connectivity index (χ4n) is 1.55. The van der Waals surface area contributed by atoms with Crippen LogP contribution in [0.5, 0.6) is 0 Å². The second kappa shape index (κ2) is 3.99. The summed E-state index contributed by atoms with van der Waals surface area (Å²) in [5.41, 5.74) is 8.01. The molecule has 1 aliphatic heterocycles. The van der Waals surface area contributed by atoms with Crippen LogP contribution < -0.4 is 5.73 Å². The van der Waals surface area contributed by atoms with Crippen molar-refractivity contribution >= 4 is 28.5 Å². The number of benzene rings is 1. The maximum Gasteiger partial charge on any atom is 0.205 e. The predicted octanol–water partition coefficient (Wildman–Crippen LogP) is 2.04. The maximum absolute atomic E-state index is 5.68. The third-order valence-electron chi connectivity index (χ3n) is 2.51. The molecule has 2 N–H and O–H groups in total. The number of nitrogens with zero attached hydrogens (tertiary/aromatic N) is 1. The number of ether oxygens (including phenoxy) is 1. The number of thioether (sulfide) groups is 1. The Bertz CT molecular complexity index is 508. The molecule has 0 radical (unpaired) electrons. The van der Waals surface area contributed by atoms with E-state index in [1.54, 1.807) is 0 Å². The molecule has 1 saturated heterocycles. The van der Waals surface area contributed by atoms with Crippen LogP contribution in [-0.2, 0) is 10.5 Å². The van der Waals surface area contributed by atoms with Gasteiger partial charge < -0.3 is 14.9 Å². The Hall–Kier alpha value is -1.20. The first-order valence-corrected chi connectivity index (χ1v) is 6.20. The molecule has 4 nitrogen and oxygen atoms in total. The van der Waals surface area contributed by atoms with Crippen molar-refractivity contribution in [2.45, 2.75) is 11.0 Å². The van der Waals surface area contributed by atoms with E-state index >= 15 is 0 Å². The topological polar surface area (TPSA) is 61.3 Å². The monoisotopic (exact) mass is 236 g/mol. The number of nitrogen functional groups attached to an aromatic ring is 1. The Balaban J connectivity index is 1.76. The van der Waals surface area contributed by atoms with Crippen LogP contribution in [0.4, 0.5) is 5.69 Å². The Morgan fingerprint density at radius 3 is 3.06 bits per heavy atom. The summed E-state index contributed by atoms with van der Waals surface area (Å²) >= 11 is 1.82. The maximum atomic E-state index is 5.68. The molecule has 2 heterocycles. The Kier molecular flexibility index (Phi) is 2.49. The molecule has 1 aromatic carbocycles. The van der Waals surface area contributed by atoms with Crippen molar-refractivity contribution in [3.8, 4) is 0 Å². The summed E-state index contributed by atoms with van der Waals surface area (Å²) < 4.78 is 10.7. The molecule has 1 aliphatic rings. The van der Waals surface area contributed by atoms with Crippen molar-refractivity contribution in [2.75, 3.05) is 18.9 Å². The summed E-state index contributed by atoms with van der Waals surface area (Å²) in [7, 11) is 0. The molecule has 0 amide bonds. The third-order valence-corrected chi connectivity index (χ3v) is 3.66. The normalized spacial score (nSPS) is 16.5. The van der Waals surface area contributed by atoms with E-state index in [1.807, 2.05) is 30.0 Å². The SMILES string of the molecule is Nc1ccc2nc(CSC3COC3)oc2c1. The second-order valence-corrected chi connectivity index (χ2v) is 5.09. The van der Waals surface area contributed by atoms with E-state index < -0.39 is 0 Å². The highest BCUT2D eigenvalue weighted by Gasteiger charge is 2.19. The van der Waals surface area contributed by atoms with Crippen molar-refractivity contribution in [2.24, 2.45) is 0 Å². The van der Waals surface area contributed by atoms with Crippen LogP contribution in [0.2, 0.25) is 0 Å². The largest absolute Gasteiger partial charge is 0.440 e. The molecule has 1 aromatic heterocycles. The van der Waals surface area contributed by atoms with Crippen molar-refractivity contribution in [3.63, 3.8) is 0 Å². The molecule has 0 saturated carbocycles. The fraction of sp³-hybridized carbons (Fsp3) is 0.364. The fourth-order valence-corrected chi connectivity index (χ4v) is 2.44. The lowest BCUT2D eigenvalue weighted by molar-refractivity contribution is 0.0454. The van der Waals surface area contributed by atoms with Crippen LogP contribution in [-0.4, -0.2) is 23.4 Å². The van der Waals surface area contributed by atoms with Crippen LogP contribution in [0.1, 0.15) is 5.89 Å². The first-order valence-electron chi connectivity index (χ1n) is 5.15. The molecule has 84 valence electrons. The van der Waals surface area contributed by atoms with Gasteiger partial charge in [-0.15, -0.1) is 11.8 Å². The number of rotatable bonds is 3. The number of fused-ring (bicyclic) bond motifs is 1. The number of anilines is 1. The second-order valence-electron chi connectivity index (χ2n) is 3.81. The summed E-state index contributed by atoms with van der Waals surface area (Å²) in [5, 5.41) is 0.597. The third kappa shape index (κ3) is 1.88. The Morgan fingerprint density at radius 1 is 1.44 bits per heavy atom. The molecule has 0 unspecified atom stereocenters. The Morgan fingerprint density at radius 2 is 2.31 bits per heavy atom. The number of hydrogen-bond donors (Lipinski definition) is 1. The number of nitrogens with two attached hydrogens (primary N) is 1. The number of hydrogen-bond acceptors (Lipinski definition) is 5. The van der Waals surface area contributed by atoms with E-state index in [-0.39, 0.29) is 0 Å². The lowest BCUT2D eigenvalue weighted by Gasteiger charge is -2.24. The van der Waals surface area contributed by atoms with Gasteiger partial charge in [0.05, 0.1) is 24.2 Å². The minimum atomic E-state index is 0.597. The van der Waals surface area contributed by atoms with Gasteiger partial charge in [-0.05, 0) is 12.1 Å². The smallest absolute Gasteiger partial charge is 0.205 e. The van der Waals surface area contributed by atoms with Crippen molar-refractivity contribution < 1.29 is 9.15 Å². The molecule has 2 aromatic rings. The van der Waals surface area contributed by atoms with Gasteiger partial charge in [0.2, 0.25) is 5.89 Å². The molecule has 0 atom stereocenters. The Labute approximate surface area is 97.2 Å². The van der Waals surface area contributed by atoms with E-state index in [4.69, 9.17) is 14.9 Å². The molecular formula is C11H12N2O2S. The van der Waals surface area contributed by atoms with E-state index in [1.165, 1.54) is 0 Å². The minimum absolute atomic E-state index is 0.597. The zero-order chi connectivity index (χ0) is 11.0. The van der Waals surface area contributed by atoms with Gasteiger partial charge in [0.1, 0.15) is 5.52 Å². The van der Waals surface area contributed by atoms with Gasteiger partial charge in [-0.1, -0.05) is 0 Å². The highest BCUT2D eigenvalue weighted by atomic mass is 32.2. The lowest BCUT2D eigenvalue weighted by atomic mass is 10.3. The zero-order valence-corrected chi connectivity index (χ0v) is 9.50. The van der Waals surface area contributed by atoms with Crippen molar-refractivity contribution in [1.82, 2.24) is 4.98 Å². The molecule has 1 fully saturated rings. The molecule has 0 spiro atoms. The zero-order valence-electron chi connectivity index (χ0n) is 8.68. The van der Waals surface area contributed by atoms with Gasteiger partial charge in [0, 0.05) is 11.8 Å². The van der Waals surface area contributed by atoms with E-state index in [0.29, 0.717) is 10.9 Å². The van der Waals surface area contributed by atoms with Crippen LogP contribution >= 0.6 is 11.8 Å². The average Bonchev–Trinajstić information content (AvgIpc) is 2.57. The summed E-state index contributed by atoms with van der Waals surface area (Å²) in [6, 6.07) is 5.53. The van der Waals surface area contributed by atoms with Crippen LogP contribution in [0.3, 0.4) is 0 Å². The van der Waals surface area contributed by atoms with Crippen LogP contribution in [0.15, 0.2) is 22.6 Å². The van der Waals surface area contributed by atoms with E-state index in [2.05, 4.69) is 4.98 Å². The van der Waals surface area contributed by atoms with Crippen molar-refractivity contribution in [3.05, 3.63) is 24.1 Å². The highest BCUT2D eigenvalue weighted by Crippen LogP contribution is 2.25. The van der Waals surface area contributed by atoms with E-state index in [0.717, 1.165) is 36.0 Å². The molecule has 0 bridgehead atoms. The van der Waals surface area contributed by atoms with Crippen molar-refractivity contribution in [1.29, 1.82) is 0 Å². The van der Waals surface area contributed by atoms with Gasteiger partial charge in [-0.2, -0.15) is 0 Å². The lowest BCUT2D eigenvalue weighted by Crippen LogP contribution is -2.30. The highest BCUT2D eigenvalue weighted by molar-refractivity contribution is 7.99. The molecule has 3 rings (SSSR count). The summed E-state index contributed by atoms with van der Waals surface area (Å²) in [4.78, 5) is 4.40. The van der Waals surface area contributed by atoms with Crippen LogP contribution in [0, 0.1) is 0 Å². The average molecular weight is 236 g/mol. The summed E-state index contributed by atoms with van der Waals surface area (Å²) in [5.74, 6) is 1.56. The first-order chi connectivity index (χ1) is 7.81. The summed E-state index contributed by atoms with van der Waals surface area (Å²) in [6.45, 7) is 1.69. The first kappa shape index (κ1) is 9.99. The molecule has 16 heavy (non-hydrogen) atoms. The molecular weight excluding hydrogens is 224 g/mol. The van der Waals surface area contributed by atoms with Gasteiger partial charge in [0.25, 0.3) is 0 Å². The predicted molar refractivity (Wildman–Crippen MR) is 64.3 cm³/mol. The van der Waals surface area contributed by atoms with Gasteiger partial charge in [-0.3, -0.25) is 0 Å². The number of aromatic nitrogens is 1. The van der Waals surface area contributed by atoms with Gasteiger partial charge in [0.15, 0.2) is 5.58 Å². The van der Waals surface area contributed by atoms with Gasteiger partial charge >= 0.3 is 0 Å². The summed E-state index contributed by atoms with van der Waals surface area (Å²) in [6.07, 6.45) is 0. The quantitative estimate of drug-likeness (QED) is 0.826. The number of oxazole rings is 1. The molecule has 0 aliphatic carbocycles. The molecule has 5 heteroatoms. The van der Waals surface area contributed by atoms with Gasteiger partial charge in [-0.25, -0.2) is 4.98 Å². The standard InChI is InChI=1S/C11H12N2O2S/c12-7-1-2-9-10(3-7)15-11(13-9)6-16-8-4-14-5-8/h1-3,8H,4-6,12H2. The van der Waals surface area contributed by atoms with Crippen LogP contribution in [0.25, 0.3) is 11.1 Å².